The van der Waals surface area contributed by atoms with Crippen LogP contribution in [0.2, 0.25) is 5.02 Å². The van der Waals surface area contributed by atoms with Crippen LogP contribution in [0.5, 0.6) is 0 Å². The van der Waals surface area contributed by atoms with E-state index in [1.807, 2.05) is 25.1 Å². The van der Waals surface area contributed by atoms with Gasteiger partial charge in [0.15, 0.2) is 0 Å². The molecule has 0 aromatic heterocycles. The molecular formula is C14H20ClNO. The number of likely N-dealkylation sites (tertiary alicyclic amines) is 1. The van der Waals surface area contributed by atoms with E-state index < -0.39 is 0 Å². The lowest BCUT2D eigenvalue weighted by molar-refractivity contribution is 0.0599. The zero-order valence-electron chi connectivity index (χ0n) is 10.3. The van der Waals surface area contributed by atoms with Gasteiger partial charge < -0.3 is 5.11 Å². The van der Waals surface area contributed by atoms with E-state index in [2.05, 4.69) is 11.0 Å². The van der Waals surface area contributed by atoms with E-state index in [1.165, 1.54) is 12.0 Å². The Balaban J connectivity index is 1.94. The minimum atomic E-state index is -0.197. The van der Waals surface area contributed by atoms with Crippen molar-refractivity contribution in [1.29, 1.82) is 0 Å². The maximum atomic E-state index is 9.66. The van der Waals surface area contributed by atoms with Crippen LogP contribution < -0.4 is 0 Å². The van der Waals surface area contributed by atoms with Crippen LogP contribution in [0.1, 0.15) is 25.3 Å². The van der Waals surface area contributed by atoms with Gasteiger partial charge in [-0.2, -0.15) is 0 Å². The van der Waals surface area contributed by atoms with Gasteiger partial charge in [0, 0.05) is 18.1 Å². The fourth-order valence-electron chi connectivity index (χ4n) is 2.52. The normalized spacial score (nSPS) is 23.6. The van der Waals surface area contributed by atoms with Crippen molar-refractivity contribution < 1.29 is 5.11 Å². The van der Waals surface area contributed by atoms with Crippen molar-refractivity contribution in [2.45, 2.75) is 32.4 Å². The number of piperidine rings is 1. The molecule has 1 fully saturated rings. The lowest BCUT2D eigenvalue weighted by atomic mass is 9.93. The highest BCUT2D eigenvalue weighted by Crippen LogP contribution is 2.22. The average Bonchev–Trinajstić information content (AvgIpc) is 2.29. The number of rotatable bonds is 3. The van der Waals surface area contributed by atoms with Crippen LogP contribution in [0.25, 0.3) is 0 Å². The highest BCUT2D eigenvalue weighted by atomic mass is 35.5. The van der Waals surface area contributed by atoms with Crippen molar-refractivity contribution in [3.8, 4) is 0 Å². The first-order valence-corrected chi connectivity index (χ1v) is 6.68. The first-order valence-electron chi connectivity index (χ1n) is 6.30. The van der Waals surface area contributed by atoms with Crippen LogP contribution in [0.3, 0.4) is 0 Å². The van der Waals surface area contributed by atoms with Gasteiger partial charge in [-0.15, -0.1) is 0 Å². The molecule has 2 nitrogen and oxygen atoms in total. The Kier molecular flexibility index (Phi) is 4.43. The number of aliphatic hydroxyl groups is 1. The van der Waals surface area contributed by atoms with Crippen molar-refractivity contribution in [1.82, 2.24) is 4.90 Å². The summed E-state index contributed by atoms with van der Waals surface area (Å²) < 4.78 is 0. The lowest BCUT2D eigenvalue weighted by Gasteiger charge is -2.34. The molecule has 2 unspecified atom stereocenters. The molecule has 2 atom stereocenters. The largest absolute Gasteiger partial charge is 0.393 e. The van der Waals surface area contributed by atoms with E-state index in [-0.39, 0.29) is 6.10 Å². The Bertz CT molecular complexity index is 367. The standard InChI is InChI=1S/C14H20ClNO/c1-11(17)13-5-3-7-16(10-13)9-12-4-2-6-14(15)8-12/h2,4,6,8,11,13,17H,3,5,7,9-10H2,1H3. The monoisotopic (exact) mass is 253 g/mol. The fraction of sp³-hybridized carbons (Fsp3) is 0.571. The number of benzene rings is 1. The van der Waals surface area contributed by atoms with Crippen molar-refractivity contribution in [2.24, 2.45) is 5.92 Å². The molecule has 1 aromatic carbocycles. The van der Waals surface area contributed by atoms with Crippen molar-refractivity contribution >= 4 is 11.6 Å². The summed E-state index contributed by atoms with van der Waals surface area (Å²) in [6.45, 7) is 4.94. The molecule has 1 aromatic rings. The van der Waals surface area contributed by atoms with Crippen LogP contribution >= 0.6 is 11.6 Å². The van der Waals surface area contributed by atoms with Gasteiger partial charge in [-0.3, -0.25) is 4.90 Å². The predicted octanol–water partition coefficient (Wildman–Crippen LogP) is 2.93. The fourth-order valence-corrected chi connectivity index (χ4v) is 2.74. The van der Waals surface area contributed by atoms with E-state index in [4.69, 9.17) is 11.6 Å². The second-order valence-corrected chi connectivity index (χ2v) is 5.44. The van der Waals surface area contributed by atoms with E-state index in [0.29, 0.717) is 5.92 Å². The summed E-state index contributed by atoms with van der Waals surface area (Å²) in [5.74, 6) is 0.419. The summed E-state index contributed by atoms with van der Waals surface area (Å²) in [6, 6.07) is 8.03. The first-order chi connectivity index (χ1) is 8.15. The number of hydrogen-bond donors (Lipinski definition) is 1. The van der Waals surface area contributed by atoms with Crippen molar-refractivity contribution in [3.63, 3.8) is 0 Å². The zero-order valence-corrected chi connectivity index (χ0v) is 11.0. The Morgan fingerprint density at radius 3 is 3.06 bits per heavy atom. The number of hydrogen-bond acceptors (Lipinski definition) is 2. The Morgan fingerprint density at radius 2 is 2.35 bits per heavy atom. The molecule has 0 amide bonds. The van der Waals surface area contributed by atoms with Gasteiger partial charge in [0.1, 0.15) is 0 Å². The molecule has 0 spiro atoms. The third-order valence-electron chi connectivity index (χ3n) is 3.52. The van der Waals surface area contributed by atoms with Crippen LogP contribution in [-0.4, -0.2) is 29.2 Å². The topological polar surface area (TPSA) is 23.5 Å². The number of aliphatic hydroxyl groups excluding tert-OH is 1. The summed E-state index contributed by atoms with van der Waals surface area (Å²) in [6.07, 6.45) is 2.12. The third kappa shape index (κ3) is 3.70. The van der Waals surface area contributed by atoms with E-state index >= 15 is 0 Å². The molecule has 1 aliphatic heterocycles. The average molecular weight is 254 g/mol. The lowest BCUT2D eigenvalue weighted by Crippen LogP contribution is -2.38. The van der Waals surface area contributed by atoms with E-state index in [1.54, 1.807) is 0 Å². The van der Waals surface area contributed by atoms with Gasteiger partial charge >= 0.3 is 0 Å². The molecule has 3 heteroatoms. The van der Waals surface area contributed by atoms with Gasteiger partial charge in [0.25, 0.3) is 0 Å². The summed E-state index contributed by atoms with van der Waals surface area (Å²) in [4.78, 5) is 2.41. The predicted molar refractivity (Wildman–Crippen MR) is 71.1 cm³/mol. The van der Waals surface area contributed by atoms with E-state index in [9.17, 15) is 5.11 Å². The van der Waals surface area contributed by atoms with E-state index in [0.717, 1.165) is 31.1 Å². The number of nitrogens with zero attached hydrogens (tertiary/aromatic N) is 1. The molecule has 0 saturated carbocycles. The molecule has 94 valence electrons. The summed E-state index contributed by atoms with van der Waals surface area (Å²) in [7, 11) is 0. The molecule has 1 aliphatic rings. The molecule has 2 rings (SSSR count). The van der Waals surface area contributed by atoms with Crippen LogP contribution in [-0.2, 0) is 6.54 Å². The molecule has 1 saturated heterocycles. The Hall–Kier alpha value is -0.570. The molecule has 0 aliphatic carbocycles. The molecule has 0 radical (unpaired) electrons. The quantitative estimate of drug-likeness (QED) is 0.895. The van der Waals surface area contributed by atoms with Crippen LogP contribution in [0.4, 0.5) is 0 Å². The second kappa shape index (κ2) is 5.85. The van der Waals surface area contributed by atoms with Crippen LogP contribution in [0, 0.1) is 5.92 Å². The summed E-state index contributed by atoms with van der Waals surface area (Å²) in [5, 5.41) is 10.5. The summed E-state index contributed by atoms with van der Waals surface area (Å²) >= 11 is 5.98. The van der Waals surface area contributed by atoms with Gasteiger partial charge in [0.2, 0.25) is 0 Å². The van der Waals surface area contributed by atoms with Crippen LogP contribution in [0.15, 0.2) is 24.3 Å². The highest BCUT2D eigenvalue weighted by molar-refractivity contribution is 6.30. The smallest absolute Gasteiger partial charge is 0.0552 e. The Morgan fingerprint density at radius 1 is 1.53 bits per heavy atom. The Labute approximate surface area is 108 Å². The minimum absolute atomic E-state index is 0.197. The third-order valence-corrected chi connectivity index (χ3v) is 3.75. The molecule has 1 heterocycles. The maximum absolute atomic E-state index is 9.66. The van der Waals surface area contributed by atoms with Crippen molar-refractivity contribution in [3.05, 3.63) is 34.9 Å². The first kappa shape index (κ1) is 12.9. The summed E-state index contributed by atoms with van der Waals surface area (Å²) in [5.41, 5.74) is 1.25. The van der Waals surface area contributed by atoms with Gasteiger partial charge in [0.05, 0.1) is 6.10 Å². The van der Waals surface area contributed by atoms with Crippen molar-refractivity contribution in [2.75, 3.05) is 13.1 Å². The minimum Gasteiger partial charge on any atom is -0.393 e. The second-order valence-electron chi connectivity index (χ2n) is 5.01. The molecule has 17 heavy (non-hydrogen) atoms. The van der Waals surface area contributed by atoms with Gasteiger partial charge in [-0.1, -0.05) is 23.7 Å². The van der Waals surface area contributed by atoms with Gasteiger partial charge in [-0.05, 0) is 49.9 Å². The molecular weight excluding hydrogens is 234 g/mol. The van der Waals surface area contributed by atoms with Gasteiger partial charge in [-0.25, -0.2) is 0 Å². The molecule has 1 N–H and O–H groups in total. The number of halogens is 1. The SMILES string of the molecule is CC(O)C1CCCN(Cc2cccc(Cl)c2)C1. The molecule has 0 bridgehead atoms. The zero-order chi connectivity index (χ0) is 12.3. The highest BCUT2D eigenvalue weighted by Gasteiger charge is 2.23. The maximum Gasteiger partial charge on any atom is 0.0552 e.